The van der Waals surface area contributed by atoms with Crippen LogP contribution in [0.5, 0.6) is 0 Å². The topological polar surface area (TPSA) is 109 Å². The molecule has 0 bridgehead atoms. The Morgan fingerprint density at radius 3 is 2.71 bits per heavy atom. The smallest absolute Gasteiger partial charge is 0.238 e. The second-order valence-electron chi connectivity index (χ2n) is 5.12. The zero-order chi connectivity index (χ0) is 17.4. The second-order valence-corrected chi connectivity index (χ2v) is 6.68. The predicted octanol–water partition coefficient (Wildman–Crippen LogP) is 0.637. The van der Waals surface area contributed by atoms with Gasteiger partial charge in [0.05, 0.1) is 4.90 Å². The summed E-state index contributed by atoms with van der Waals surface area (Å²) in [5.74, 6) is 0.631. The molecule has 128 valence electrons. The van der Waals surface area contributed by atoms with E-state index in [9.17, 15) is 8.42 Å². The van der Waals surface area contributed by atoms with Crippen LogP contribution < -0.4 is 15.8 Å². The Labute approximate surface area is 142 Å². The molecule has 0 aliphatic rings. The fraction of sp³-hybridized carbons (Fsp3) is 0.250. The summed E-state index contributed by atoms with van der Waals surface area (Å²) in [6.07, 6.45) is 2.54. The van der Waals surface area contributed by atoms with E-state index in [4.69, 9.17) is 5.14 Å². The molecular formula is C16H21N5O2S. The van der Waals surface area contributed by atoms with Gasteiger partial charge < -0.3 is 10.6 Å². The molecule has 0 atom stereocenters. The van der Waals surface area contributed by atoms with Gasteiger partial charge in [-0.15, -0.1) is 0 Å². The van der Waals surface area contributed by atoms with Gasteiger partial charge >= 0.3 is 0 Å². The van der Waals surface area contributed by atoms with Crippen LogP contribution in [0, 0.1) is 0 Å². The lowest BCUT2D eigenvalue weighted by atomic mass is 10.2. The number of pyridine rings is 1. The number of hydrogen-bond acceptors (Lipinski definition) is 4. The zero-order valence-corrected chi connectivity index (χ0v) is 14.3. The first-order valence-electron chi connectivity index (χ1n) is 7.45. The highest BCUT2D eigenvalue weighted by Crippen LogP contribution is 2.09. The number of primary sulfonamides is 1. The Morgan fingerprint density at radius 2 is 2.04 bits per heavy atom. The summed E-state index contributed by atoms with van der Waals surface area (Å²) in [4.78, 5) is 8.49. The van der Waals surface area contributed by atoms with Gasteiger partial charge in [0.2, 0.25) is 10.0 Å². The summed E-state index contributed by atoms with van der Waals surface area (Å²) in [6, 6.07) is 12.3. The molecule has 4 N–H and O–H groups in total. The third kappa shape index (κ3) is 5.64. The summed E-state index contributed by atoms with van der Waals surface area (Å²) in [6.45, 7) is 1.13. The minimum atomic E-state index is -3.69. The van der Waals surface area contributed by atoms with Gasteiger partial charge in [0.1, 0.15) is 0 Å². The fourth-order valence-electron chi connectivity index (χ4n) is 2.09. The average Bonchev–Trinajstić information content (AvgIpc) is 2.58. The number of benzene rings is 1. The molecule has 0 aliphatic carbocycles. The standard InChI is InChI=1S/C16H21N5O2S/c1-18-16(20-10-8-14-6-2-3-9-19-14)21-12-13-5-4-7-15(11-13)24(17,22)23/h2-7,9,11H,8,10,12H2,1H3,(H2,17,22,23)(H2,18,20,21). The van der Waals surface area contributed by atoms with Crippen LogP contribution >= 0.6 is 0 Å². The van der Waals surface area contributed by atoms with E-state index in [0.717, 1.165) is 17.7 Å². The molecule has 0 fully saturated rings. The largest absolute Gasteiger partial charge is 0.356 e. The molecular weight excluding hydrogens is 326 g/mol. The molecule has 8 heteroatoms. The molecule has 0 radical (unpaired) electrons. The molecule has 1 aromatic carbocycles. The lowest BCUT2D eigenvalue weighted by molar-refractivity contribution is 0.597. The Morgan fingerprint density at radius 1 is 1.21 bits per heavy atom. The van der Waals surface area contributed by atoms with Crippen LogP contribution in [-0.4, -0.2) is 33.0 Å². The molecule has 2 aromatic rings. The molecule has 0 saturated heterocycles. The van der Waals surface area contributed by atoms with Gasteiger partial charge in [-0.3, -0.25) is 9.98 Å². The van der Waals surface area contributed by atoms with Gasteiger partial charge in [-0.25, -0.2) is 13.6 Å². The molecule has 7 nitrogen and oxygen atoms in total. The SMILES string of the molecule is CN=C(NCCc1ccccn1)NCc1cccc(S(N)(=O)=O)c1. The van der Waals surface area contributed by atoms with Crippen molar-refractivity contribution in [3.05, 3.63) is 59.9 Å². The quantitative estimate of drug-likeness (QED) is 0.525. The molecule has 24 heavy (non-hydrogen) atoms. The van der Waals surface area contributed by atoms with E-state index in [1.807, 2.05) is 24.3 Å². The molecule has 0 aliphatic heterocycles. The molecule has 0 unspecified atom stereocenters. The highest BCUT2D eigenvalue weighted by atomic mass is 32.2. The van der Waals surface area contributed by atoms with Crippen LogP contribution in [0.15, 0.2) is 58.5 Å². The Kier molecular flexibility index (Phi) is 6.28. The maximum atomic E-state index is 11.4. The maximum absolute atomic E-state index is 11.4. The first-order valence-corrected chi connectivity index (χ1v) is 9.00. The predicted molar refractivity (Wildman–Crippen MR) is 94.0 cm³/mol. The number of nitrogens with zero attached hydrogens (tertiary/aromatic N) is 2. The zero-order valence-electron chi connectivity index (χ0n) is 13.4. The van der Waals surface area contributed by atoms with Crippen molar-refractivity contribution < 1.29 is 8.42 Å². The minimum absolute atomic E-state index is 0.0971. The van der Waals surface area contributed by atoms with E-state index in [2.05, 4.69) is 20.6 Å². The van der Waals surface area contributed by atoms with Crippen molar-refractivity contribution in [2.75, 3.05) is 13.6 Å². The van der Waals surface area contributed by atoms with E-state index >= 15 is 0 Å². The van der Waals surface area contributed by atoms with Gasteiger partial charge in [0.15, 0.2) is 5.96 Å². The van der Waals surface area contributed by atoms with Crippen LogP contribution in [0.4, 0.5) is 0 Å². The van der Waals surface area contributed by atoms with E-state index in [1.165, 1.54) is 6.07 Å². The monoisotopic (exact) mass is 347 g/mol. The van der Waals surface area contributed by atoms with Gasteiger partial charge in [-0.2, -0.15) is 0 Å². The summed E-state index contributed by atoms with van der Waals surface area (Å²) in [5, 5.41) is 11.5. The van der Waals surface area contributed by atoms with Crippen molar-refractivity contribution in [1.82, 2.24) is 15.6 Å². The van der Waals surface area contributed by atoms with E-state index in [1.54, 1.807) is 25.4 Å². The van der Waals surface area contributed by atoms with Crippen molar-refractivity contribution >= 4 is 16.0 Å². The highest BCUT2D eigenvalue weighted by molar-refractivity contribution is 7.89. The van der Waals surface area contributed by atoms with Crippen LogP contribution in [0.1, 0.15) is 11.3 Å². The number of hydrogen-bond donors (Lipinski definition) is 3. The van der Waals surface area contributed by atoms with Crippen molar-refractivity contribution in [3.63, 3.8) is 0 Å². The van der Waals surface area contributed by atoms with Crippen molar-refractivity contribution in [3.8, 4) is 0 Å². The lowest BCUT2D eigenvalue weighted by Gasteiger charge is -2.12. The lowest BCUT2D eigenvalue weighted by Crippen LogP contribution is -2.37. The summed E-state index contributed by atoms with van der Waals surface area (Å²) < 4.78 is 22.7. The number of nitrogens with two attached hydrogens (primary N) is 1. The number of guanidine groups is 1. The molecule has 0 saturated carbocycles. The molecule has 1 heterocycles. The van der Waals surface area contributed by atoms with E-state index in [-0.39, 0.29) is 4.90 Å². The molecule has 0 spiro atoms. The van der Waals surface area contributed by atoms with Crippen molar-refractivity contribution in [2.24, 2.45) is 10.1 Å². The minimum Gasteiger partial charge on any atom is -0.356 e. The first-order chi connectivity index (χ1) is 11.5. The first kappa shape index (κ1) is 17.9. The Hall–Kier alpha value is -2.45. The third-order valence-electron chi connectivity index (χ3n) is 3.31. The van der Waals surface area contributed by atoms with Gasteiger partial charge in [-0.1, -0.05) is 18.2 Å². The maximum Gasteiger partial charge on any atom is 0.238 e. The van der Waals surface area contributed by atoms with Crippen LogP contribution in [-0.2, 0) is 23.0 Å². The summed E-state index contributed by atoms with van der Waals surface area (Å²) in [5.41, 5.74) is 1.80. The second kappa shape index (κ2) is 8.42. The number of aromatic nitrogens is 1. The van der Waals surface area contributed by atoms with Crippen LogP contribution in [0.25, 0.3) is 0 Å². The van der Waals surface area contributed by atoms with Gasteiger partial charge in [0.25, 0.3) is 0 Å². The van der Waals surface area contributed by atoms with E-state index < -0.39 is 10.0 Å². The third-order valence-corrected chi connectivity index (χ3v) is 4.22. The van der Waals surface area contributed by atoms with E-state index in [0.29, 0.717) is 19.0 Å². The van der Waals surface area contributed by atoms with Crippen molar-refractivity contribution in [2.45, 2.75) is 17.9 Å². The summed E-state index contributed by atoms with van der Waals surface area (Å²) in [7, 11) is -2.02. The normalized spacial score (nSPS) is 12.0. The van der Waals surface area contributed by atoms with Crippen molar-refractivity contribution in [1.29, 1.82) is 0 Å². The Bertz CT molecular complexity index is 791. The Balaban J connectivity index is 1.85. The number of sulfonamides is 1. The number of nitrogens with one attached hydrogen (secondary N) is 2. The highest BCUT2D eigenvalue weighted by Gasteiger charge is 2.08. The average molecular weight is 347 g/mol. The van der Waals surface area contributed by atoms with Gasteiger partial charge in [-0.05, 0) is 29.8 Å². The number of rotatable bonds is 6. The van der Waals surface area contributed by atoms with Crippen LogP contribution in [0.2, 0.25) is 0 Å². The summed E-state index contributed by atoms with van der Waals surface area (Å²) >= 11 is 0. The van der Waals surface area contributed by atoms with Gasteiger partial charge in [0, 0.05) is 38.4 Å². The van der Waals surface area contributed by atoms with Crippen LogP contribution in [0.3, 0.4) is 0 Å². The molecule has 2 rings (SSSR count). The molecule has 0 amide bonds. The number of aliphatic imine (C=N–C) groups is 1. The molecule has 1 aromatic heterocycles. The fourth-order valence-corrected chi connectivity index (χ4v) is 2.68.